The van der Waals surface area contributed by atoms with Crippen LogP contribution in [0.5, 0.6) is 0 Å². The van der Waals surface area contributed by atoms with E-state index in [1.165, 1.54) is 0 Å². The van der Waals surface area contributed by atoms with Gasteiger partial charge in [0.05, 0.1) is 13.2 Å². The highest BCUT2D eigenvalue weighted by atomic mass is 16.5. The van der Waals surface area contributed by atoms with Crippen LogP contribution in [0.25, 0.3) is 0 Å². The monoisotopic (exact) mass is 208 g/mol. The number of aromatic nitrogens is 1. The second kappa shape index (κ2) is 4.57. The molecule has 1 aromatic heterocycles. The summed E-state index contributed by atoms with van der Waals surface area (Å²) in [5.41, 5.74) is 0.675. The number of hydroxylamine groups is 1. The molecule has 1 fully saturated rings. The molecule has 1 saturated heterocycles. The minimum Gasteiger partial charge on any atom is -0.629 e. The first-order chi connectivity index (χ1) is 7.27. The average molecular weight is 208 g/mol. The molecule has 1 aliphatic rings. The van der Waals surface area contributed by atoms with E-state index in [1.807, 2.05) is 12.1 Å². The van der Waals surface area contributed by atoms with Crippen molar-refractivity contribution in [3.63, 3.8) is 0 Å². The van der Waals surface area contributed by atoms with Crippen LogP contribution in [0.1, 0.15) is 0 Å². The average Bonchev–Trinajstić information content (AvgIpc) is 2.30. The zero-order valence-corrected chi connectivity index (χ0v) is 8.86. The number of piperazine rings is 1. The van der Waals surface area contributed by atoms with E-state index in [1.54, 1.807) is 13.2 Å². The van der Waals surface area contributed by atoms with Gasteiger partial charge >= 0.3 is 0 Å². The normalized spacial score (nSPS) is 18.9. The van der Waals surface area contributed by atoms with E-state index in [0.717, 1.165) is 32.0 Å². The molecule has 1 aromatic rings. The Kier molecular flexibility index (Phi) is 3.15. The molecule has 1 aliphatic heterocycles. The van der Waals surface area contributed by atoms with E-state index in [9.17, 15) is 5.21 Å². The quantitative estimate of drug-likeness (QED) is 0.621. The van der Waals surface area contributed by atoms with Gasteiger partial charge in [0.15, 0.2) is 0 Å². The van der Waals surface area contributed by atoms with Crippen LogP contribution in [-0.4, -0.2) is 38.2 Å². The Labute approximate surface area is 89.3 Å². The molecule has 0 bridgehead atoms. The van der Waals surface area contributed by atoms with Gasteiger partial charge in [-0.15, -0.1) is 0 Å². The largest absolute Gasteiger partial charge is 0.629 e. The second-order valence-electron chi connectivity index (χ2n) is 3.70. The van der Waals surface area contributed by atoms with E-state index in [4.69, 9.17) is 0 Å². The molecule has 0 spiro atoms. The van der Waals surface area contributed by atoms with Gasteiger partial charge in [-0.1, -0.05) is 0 Å². The smallest absolute Gasteiger partial charge is 0.149 e. The molecule has 1 unspecified atom stereocenters. The number of quaternary nitrogens is 1. The van der Waals surface area contributed by atoms with Crippen LogP contribution in [0.2, 0.25) is 0 Å². The summed E-state index contributed by atoms with van der Waals surface area (Å²) in [6.45, 7) is 3.95. The van der Waals surface area contributed by atoms with Crippen LogP contribution >= 0.6 is 0 Å². The molecule has 0 saturated carbocycles. The highest BCUT2D eigenvalue weighted by molar-refractivity contribution is 5.43. The molecule has 15 heavy (non-hydrogen) atoms. The van der Waals surface area contributed by atoms with Crippen molar-refractivity contribution in [2.75, 3.05) is 38.1 Å². The summed E-state index contributed by atoms with van der Waals surface area (Å²) in [4.78, 5) is 6.52. The van der Waals surface area contributed by atoms with Crippen LogP contribution < -0.4 is 15.3 Å². The Hall–Kier alpha value is -1.17. The predicted octanol–water partition coefficient (Wildman–Crippen LogP) is -0.865. The van der Waals surface area contributed by atoms with Crippen LogP contribution in [0.3, 0.4) is 0 Å². The second-order valence-corrected chi connectivity index (χ2v) is 3.70. The van der Waals surface area contributed by atoms with Crippen molar-refractivity contribution >= 4 is 11.5 Å². The Morgan fingerprint density at radius 3 is 2.67 bits per heavy atom. The van der Waals surface area contributed by atoms with Crippen LogP contribution in [0.4, 0.5) is 11.5 Å². The van der Waals surface area contributed by atoms with Gasteiger partial charge in [-0.05, 0) is 6.07 Å². The Morgan fingerprint density at radius 1 is 1.40 bits per heavy atom. The molecule has 0 aromatic carbocycles. The molecule has 0 amide bonds. The number of nitrogens with zero attached hydrogens (tertiary/aromatic N) is 2. The van der Waals surface area contributed by atoms with Gasteiger partial charge in [0.25, 0.3) is 0 Å². The third-order valence-electron chi connectivity index (χ3n) is 2.60. The standard InChI is InChI=1S/C10H16N4O/c1-13(15)9-2-3-10(12-8-9)14-6-4-11-5-7-14/h2-3,8,11,13H,4-7H2,1H3. The van der Waals surface area contributed by atoms with Crippen molar-refractivity contribution in [1.29, 1.82) is 0 Å². The Bertz CT molecular complexity index is 306. The number of anilines is 1. The van der Waals surface area contributed by atoms with Gasteiger partial charge in [0, 0.05) is 32.2 Å². The van der Waals surface area contributed by atoms with E-state index >= 15 is 0 Å². The first kappa shape index (κ1) is 10.4. The van der Waals surface area contributed by atoms with Crippen molar-refractivity contribution in [3.8, 4) is 0 Å². The fraction of sp³-hybridized carbons (Fsp3) is 0.500. The fourth-order valence-electron chi connectivity index (χ4n) is 1.68. The minimum atomic E-state index is 0.0642. The van der Waals surface area contributed by atoms with Gasteiger partial charge in [0.1, 0.15) is 11.5 Å². The zero-order chi connectivity index (χ0) is 10.7. The summed E-state index contributed by atoms with van der Waals surface area (Å²) in [7, 11) is 1.56. The van der Waals surface area contributed by atoms with Gasteiger partial charge in [0.2, 0.25) is 0 Å². The molecule has 0 aliphatic carbocycles. The molecular formula is C10H16N4O. The summed E-state index contributed by atoms with van der Waals surface area (Å²) in [6, 6.07) is 3.76. The minimum absolute atomic E-state index is 0.0642. The SMILES string of the molecule is C[NH+]([O-])c1ccc(N2CCNCC2)nc1. The molecule has 2 rings (SSSR count). The lowest BCUT2D eigenvalue weighted by atomic mass is 10.3. The van der Waals surface area contributed by atoms with Crippen molar-refractivity contribution in [2.24, 2.45) is 0 Å². The summed E-state index contributed by atoms with van der Waals surface area (Å²) in [5, 5.41) is 14.4. The molecule has 2 N–H and O–H groups in total. The topological polar surface area (TPSA) is 55.7 Å². The third kappa shape index (κ3) is 2.44. The molecule has 1 atom stereocenters. The number of hydrogen-bond acceptors (Lipinski definition) is 4. The van der Waals surface area contributed by atoms with Crippen molar-refractivity contribution in [1.82, 2.24) is 10.3 Å². The molecule has 2 heterocycles. The maximum Gasteiger partial charge on any atom is 0.149 e. The third-order valence-corrected chi connectivity index (χ3v) is 2.60. The first-order valence-electron chi connectivity index (χ1n) is 5.20. The van der Waals surface area contributed by atoms with E-state index in [2.05, 4.69) is 15.2 Å². The Balaban J connectivity index is 2.08. The Morgan fingerprint density at radius 2 is 2.13 bits per heavy atom. The number of hydrogen-bond donors (Lipinski definition) is 2. The van der Waals surface area contributed by atoms with Gasteiger partial charge in [-0.25, -0.2) is 4.98 Å². The fourth-order valence-corrected chi connectivity index (χ4v) is 1.68. The van der Waals surface area contributed by atoms with Gasteiger partial charge in [-0.3, -0.25) is 0 Å². The van der Waals surface area contributed by atoms with Crippen molar-refractivity contribution in [3.05, 3.63) is 23.5 Å². The van der Waals surface area contributed by atoms with Crippen LogP contribution in [-0.2, 0) is 0 Å². The maximum absolute atomic E-state index is 11.1. The molecule has 5 heteroatoms. The van der Waals surface area contributed by atoms with Crippen molar-refractivity contribution in [2.45, 2.75) is 0 Å². The van der Waals surface area contributed by atoms with E-state index < -0.39 is 0 Å². The lowest BCUT2D eigenvalue weighted by molar-refractivity contribution is -0.751. The summed E-state index contributed by atoms with van der Waals surface area (Å²) in [5.74, 6) is 0.960. The lowest BCUT2D eigenvalue weighted by Crippen LogP contribution is -2.98. The van der Waals surface area contributed by atoms with Crippen LogP contribution in [0.15, 0.2) is 18.3 Å². The van der Waals surface area contributed by atoms with E-state index in [0.29, 0.717) is 5.69 Å². The predicted molar refractivity (Wildman–Crippen MR) is 59.2 cm³/mol. The van der Waals surface area contributed by atoms with Gasteiger partial charge < -0.3 is 20.5 Å². The maximum atomic E-state index is 11.1. The lowest BCUT2D eigenvalue weighted by Gasteiger charge is -2.28. The van der Waals surface area contributed by atoms with E-state index in [-0.39, 0.29) is 5.06 Å². The van der Waals surface area contributed by atoms with Gasteiger partial charge in [-0.2, -0.15) is 0 Å². The summed E-state index contributed by atoms with van der Waals surface area (Å²) < 4.78 is 0. The number of rotatable bonds is 2. The summed E-state index contributed by atoms with van der Waals surface area (Å²) in [6.07, 6.45) is 1.65. The number of pyridine rings is 1. The first-order valence-corrected chi connectivity index (χ1v) is 5.20. The molecule has 0 radical (unpaired) electrons. The summed E-state index contributed by atoms with van der Waals surface area (Å²) >= 11 is 0. The zero-order valence-electron chi connectivity index (χ0n) is 8.86. The molecule has 5 nitrogen and oxygen atoms in total. The number of nitrogens with one attached hydrogen (secondary N) is 2. The van der Waals surface area contributed by atoms with Crippen molar-refractivity contribution < 1.29 is 5.06 Å². The highest BCUT2D eigenvalue weighted by Gasteiger charge is 2.11. The molecular weight excluding hydrogens is 192 g/mol. The molecule has 82 valence electrons. The highest BCUT2D eigenvalue weighted by Crippen LogP contribution is 2.12. The van der Waals surface area contributed by atoms with Crippen LogP contribution in [0, 0.1) is 5.21 Å².